The third-order valence-corrected chi connectivity index (χ3v) is 3.37. The van der Waals surface area contributed by atoms with E-state index in [1.54, 1.807) is 0 Å². The molecule has 2 rings (SSSR count). The maximum atomic E-state index is 13.4. The molecule has 0 bridgehead atoms. The smallest absolute Gasteiger partial charge is 0.257 e. The van der Waals surface area contributed by atoms with Crippen molar-refractivity contribution in [2.24, 2.45) is 5.92 Å². The zero-order chi connectivity index (χ0) is 13.5. The monoisotopic (exact) mass is 256 g/mol. The number of likely N-dealkylation sites (tertiary alicyclic amines) is 1. The molecule has 2 heterocycles. The molecule has 98 valence electrons. The number of carbonyl (C=O) groups is 1. The number of nitrogens with zero attached hydrogens (tertiary/aromatic N) is 2. The average molecular weight is 256 g/mol. The van der Waals surface area contributed by atoms with Crippen molar-refractivity contribution >= 4 is 5.91 Å². The molecule has 0 aliphatic carbocycles. The van der Waals surface area contributed by atoms with E-state index in [4.69, 9.17) is 0 Å². The van der Waals surface area contributed by atoms with Gasteiger partial charge in [-0.1, -0.05) is 13.8 Å². The maximum Gasteiger partial charge on any atom is 0.257 e. The van der Waals surface area contributed by atoms with Gasteiger partial charge in [-0.25, -0.2) is 9.37 Å². The quantitative estimate of drug-likeness (QED) is 0.809. The van der Waals surface area contributed by atoms with Crippen LogP contribution in [0.1, 0.15) is 24.2 Å². The predicted molar refractivity (Wildman–Crippen MR) is 59.8 cm³/mol. The van der Waals surface area contributed by atoms with E-state index in [0.717, 1.165) is 12.3 Å². The third-order valence-electron chi connectivity index (χ3n) is 3.37. The van der Waals surface area contributed by atoms with Crippen molar-refractivity contribution in [3.8, 4) is 0 Å². The van der Waals surface area contributed by atoms with Crippen molar-refractivity contribution in [2.75, 3.05) is 13.1 Å². The summed E-state index contributed by atoms with van der Waals surface area (Å²) in [6, 6.07) is 1.13. The van der Waals surface area contributed by atoms with Gasteiger partial charge in [-0.3, -0.25) is 4.79 Å². The summed E-state index contributed by atoms with van der Waals surface area (Å²) >= 11 is 0. The van der Waals surface area contributed by atoms with E-state index >= 15 is 0 Å². The van der Waals surface area contributed by atoms with Crippen molar-refractivity contribution in [2.45, 2.75) is 19.4 Å². The first-order chi connectivity index (χ1) is 8.35. The Morgan fingerprint density at radius 2 is 2.11 bits per heavy atom. The van der Waals surface area contributed by atoms with Crippen molar-refractivity contribution in [1.29, 1.82) is 0 Å². The number of rotatable bonds is 2. The summed E-state index contributed by atoms with van der Waals surface area (Å²) < 4.78 is 26.3. The summed E-state index contributed by atoms with van der Waals surface area (Å²) in [6.07, 6.45) is 1.04. The first-order valence-electron chi connectivity index (χ1n) is 5.67. The fourth-order valence-electron chi connectivity index (χ4n) is 1.88. The highest BCUT2D eigenvalue weighted by Gasteiger charge is 2.46. The summed E-state index contributed by atoms with van der Waals surface area (Å²) in [4.78, 5) is 16.3. The van der Waals surface area contributed by atoms with E-state index in [9.17, 15) is 18.7 Å². The highest BCUT2D eigenvalue weighted by Crippen LogP contribution is 2.30. The van der Waals surface area contributed by atoms with E-state index in [1.807, 2.05) is 13.8 Å². The zero-order valence-electron chi connectivity index (χ0n) is 10.2. The lowest BCUT2D eigenvalue weighted by Crippen LogP contribution is -2.66. The molecular formula is C12H14F2N2O2. The Balaban J connectivity index is 2.13. The molecule has 0 unspecified atom stereocenters. The lowest BCUT2D eigenvalue weighted by Gasteiger charge is -2.49. The number of β-amino-alcohol motifs (C(OH)–C–C–N with tert-alkyl or cyclic N) is 1. The van der Waals surface area contributed by atoms with E-state index in [1.165, 1.54) is 4.90 Å². The Labute approximate surface area is 103 Å². The fraction of sp³-hybridized carbons (Fsp3) is 0.500. The lowest BCUT2D eigenvalue weighted by atomic mass is 9.82. The Morgan fingerprint density at radius 3 is 2.67 bits per heavy atom. The van der Waals surface area contributed by atoms with E-state index in [-0.39, 0.29) is 24.6 Å². The van der Waals surface area contributed by atoms with Gasteiger partial charge in [0.25, 0.3) is 5.91 Å². The van der Waals surface area contributed by atoms with Crippen LogP contribution in [-0.4, -0.2) is 39.6 Å². The van der Waals surface area contributed by atoms with Crippen LogP contribution in [0.25, 0.3) is 0 Å². The predicted octanol–water partition coefficient (Wildman–Crippen LogP) is 1.20. The molecule has 1 fully saturated rings. The molecule has 1 aliphatic rings. The van der Waals surface area contributed by atoms with E-state index in [0.29, 0.717) is 0 Å². The second-order valence-electron chi connectivity index (χ2n) is 4.88. The molecule has 0 radical (unpaired) electrons. The summed E-state index contributed by atoms with van der Waals surface area (Å²) in [5, 5.41) is 10.0. The molecular weight excluding hydrogens is 242 g/mol. The van der Waals surface area contributed by atoms with Crippen LogP contribution in [0.15, 0.2) is 12.3 Å². The van der Waals surface area contributed by atoms with Gasteiger partial charge < -0.3 is 10.0 Å². The summed E-state index contributed by atoms with van der Waals surface area (Å²) in [6.45, 7) is 3.95. The number of hydrogen-bond acceptors (Lipinski definition) is 3. The third kappa shape index (κ3) is 1.96. The van der Waals surface area contributed by atoms with Crippen molar-refractivity contribution < 1.29 is 18.7 Å². The summed E-state index contributed by atoms with van der Waals surface area (Å²) in [7, 11) is 0. The normalized spacial score (nSPS) is 17.8. The maximum absolute atomic E-state index is 13.4. The van der Waals surface area contributed by atoms with Gasteiger partial charge in [0, 0.05) is 6.20 Å². The van der Waals surface area contributed by atoms with Gasteiger partial charge in [-0.05, 0) is 12.0 Å². The van der Waals surface area contributed by atoms with Gasteiger partial charge in [0.2, 0.25) is 5.95 Å². The van der Waals surface area contributed by atoms with Crippen LogP contribution in [0.3, 0.4) is 0 Å². The van der Waals surface area contributed by atoms with Crippen molar-refractivity contribution in [1.82, 2.24) is 9.88 Å². The molecule has 0 saturated carbocycles. The molecule has 1 aliphatic heterocycles. The molecule has 6 heteroatoms. The number of carbonyl (C=O) groups excluding carboxylic acids is 1. The van der Waals surface area contributed by atoms with Gasteiger partial charge in [0.05, 0.1) is 18.7 Å². The van der Waals surface area contributed by atoms with Crippen LogP contribution < -0.4 is 0 Å². The van der Waals surface area contributed by atoms with Gasteiger partial charge in [-0.15, -0.1) is 0 Å². The van der Waals surface area contributed by atoms with Crippen LogP contribution >= 0.6 is 0 Å². The molecule has 0 atom stereocenters. The van der Waals surface area contributed by atoms with Crippen LogP contribution in [-0.2, 0) is 0 Å². The SMILES string of the molecule is CC(C)C1(O)CN(C(=O)c2ccnc(F)c2F)C1. The molecule has 1 N–H and O–H groups in total. The number of amides is 1. The standard InChI is InChI=1S/C12H14F2N2O2/c1-7(2)12(18)5-16(6-12)11(17)8-3-4-15-10(14)9(8)13/h3-4,7,18H,5-6H2,1-2H3. The first-order valence-corrected chi connectivity index (χ1v) is 5.67. The van der Waals surface area contributed by atoms with Gasteiger partial charge >= 0.3 is 0 Å². The number of halogens is 2. The molecule has 1 amide bonds. The fourth-order valence-corrected chi connectivity index (χ4v) is 1.88. The molecule has 4 nitrogen and oxygen atoms in total. The number of hydrogen-bond donors (Lipinski definition) is 1. The van der Waals surface area contributed by atoms with Gasteiger partial charge in [-0.2, -0.15) is 4.39 Å². The van der Waals surface area contributed by atoms with Gasteiger partial charge in [0.1, 0.15) is 5.60 Å². The second kappa shape index (κ2) is 4.28. The molecule has 18 heavy (non-hydrogen) atoms. The Kier molecular flexibility index (Phi) is 3.06. The zero-order valence-corrected chi connectivity index (χ0v) is 10.2. The molecule has 1 aromatic rings. The Bertz CT molecular complexity index is 485. The minimum atomic E-state index is -1.29. The van der Waals surface area contributed by atoms with Crippen LogP contribution in [0.5, 0.6) is 0 Å². The summed E-state index contributed by atoms with van der Waals surface area (Å²) in [5.41, 5.74) is -1.29. The largest absolute Gasteiger partial charge is 0.386 e. The van der Waals surface area contributed by atoms with Crippen LogP contribution in [0.2, 0.25) is 0 Å². The Hall–Kier alpha value is -1.56. The number of pyridine rings is 1. The van der Waals surface area contributed by atoms with Crippen LogP contribution in [0, 0.1) is 17.7 Å². The van der Waals surface area contributed by atoms with Gasteiger partial charge in [0.15, 0.2) is 5.82 Å². The highest BCUT2D eigenvalue weighted by molar-refractivity contribution is 5.95. The minimum absolute atomic E-state index is 0.000531. The average Bonchev–Trinajstić information content (AvgIpc) is 2.27. The molecule has 1 aromatic heterocycles. The first kappa shape index (κ1) is 12.9. The van der Waals surface area contributed by atoms with Crippen molar-refractivity contribution in [3.05, 3.63) is 29.6 Å². The molecule has 1 saturated heterocycles. The molecule has 0 aromatic carbocycles. The Morgan fingerprint density at radius 1 is 1.50 bits per heavy atom. The lowest BCUT2D eigenvalue weighted by molar-refractivity contribution is -0.111. The summed E-state index contributed by atoms with van der Waals surface area (Å²) in [5.74, 6) is -3.16. The minimum Gasteiger partial charge on any atom is -0.386 e. The highest BCUT2D eigenvalue weighted by atomic mass is 19.2. The second-order valence-corrected chi connectivity index (χ2v) is 4.88. The number of aliphatic hydroxyl groups is 1. The van der Waals surface area contributed by atoms with Crippen LogP contribution in [0.4, 0.5) is 8.78 Å². The van der Waals surface area contributed by atoms with E-state index < -0.39 is 23.3 Å². The molecule has 0 spiro atoms. The van der Waals surface area contributed by atoms with Crippen molar-refractivity contribution in [3.63, 3.8) is 0 Å². The topological polar surface area (TPSA) is 53.4 Å². The van der Waals surface area contributed by atoms with E-state index in [2.05, 4.69) is 4.98 Å². The number of aromatic nitrogens is 1.